The minimum absolute atomic E-state index is 0.0468. The van der Waals surface area contributed by atoms with E-state index >= 15 is 0 Å². The van der Waals surface area contributed by atoms with Crippen LogP contribution >= 0.6 is 27.5 Å². The Morgan fingerprint density at radius 1 is 1.06 bits per heavy atom. The van der Waals surface area contributed by atoms with Crippen LogP contribution in [0.25, 0.3) is 0 Å². The van der Waals surface area contributed by atoms with Crippen LogP contribution in [0.2, 0.25) is 5.02 Å². The molecule has 1 unspecified atom stereocenters. The van der Waals surface area contributed by atoms with Crippen LogP contribution in [0.3, 0.4) is 0 Å². The molecule has 11 heteroatoms. The number of ether oxygens (including phenoxy) is 1. The fourth-order valence-corrected chi connectivity index (χ4v) is 7.97. The monoisotopic (exact) mass is 730 g/mol. The number of pyridine rings is 1. The number of hydrogen-bond donors (Lipinski definition) is 0. The van der Waals surface area contributed by atoms with E-state index in [-0.39, 0.29) is 17.9 Å². The Bertz CT molecular complexity index is 1680. The Balaban J connectivity index is 1.23. The van der Waals surface area contributed by atoms with E-state index in [2.05, 4.69) is 44.0 Å². The maximum atomic E-state index is 14.9. The lowest BCUT2D eigenvalue weighted by Crippen LogP contribution is -2.63. The van der Waals surface area contributed by atoms with Gasteiger partial charge in [0, 0.05) is 74.0 Å². The van der Waals surface area contributed by atoms with Crippen molar-refractivity contribution in [1.82, 2.24) is 29.2 Å². The average molecular weight is 732 g/mol. The Kier molecular flexibility index (Phi) is 10.2. The number of nitrogens with zero attached hydrogens (tertiary/aromatic N) is 6. The molecule has 3 aliphatic rings. The molecule has 2 aromatic heterocycles. The molecule has 0 radical (unpaired) electrons. The minimum atomic E-state index is -0.676. The van der Waals surface area contributed by atoms with Crippen LogP contribution in [0.5, 0.6) is 0 Å². The van der Waals surface area contributed by atoms with Gasteiger partial charge in [-0.05, 0) is 88.5 Å². The predicted octanol–water partition coefficient (Wildman–Crippen LogP) is 5.69. The molecule has 0 saturated carbocycles. The lowest BCUT2D eigenvalue weighted by Gasteiger charge is -2.45. The summed E-state index contributed by atoms with van der Waals surface area (Å²) in [6, 6.07) is 17.5. The molecular weight excluding hydrogens is 692 g/mol. The zero-order chi connectivity index (χ0) is 33.0. The van der Waals surface area contributed by atoms with Crippen LogP contribution in [-0.2, 0) is 40.3 Å². The summed E-state index contributed by atoms with van der Waals surface area (Å²) in [6.45, 7) is 3.74. The van der Waals surface area contributed by atoms with Gasteiger partial charge in [0.05, 0.1) is 18.1 Å². The summed E-state index contributed by atoms with van der Waals surface area (Å²) in [5, 5.41) is 0.708. The van der Waals surface area contributed by atoms with E-state index in [0.29, 0.717) is 50.8 Å². The second kappa shape index (κ2) is 14.9. The molecule has 2 aromatic carbocycles. The molecule has 2 amide bonds. The van der Waals surface area contributed by atoms with E-state index in [0.717, 1.165) is 53.5 Å². The van der Waals surface area contributed by atoms with Crippen molar-refractivity contribution in [1.29, 1.82) is 0 Å². The lowest BCUT2D eigenvalue weighted by atomic mass is 9.94. The normalized spacial score (nSPS) is 21.0. The number of hydrogen-bond acceptors (Lipinski definition) is 6. The second-order valence-electron chi connectivity index (χ2n) is 12.9. The zero-order valence-corrected chi connectivity index (χ0v) is 29.2. The molecule has 7 rings (SSSR count). The van der Waals surface area contributed by atoms with Crippen molar-refractivity contribution in [3.8, 4) is 0 Å². The third-order valence-electron chi connectivity index (χ3n) is 9.77. The zero-order valence-electron chi connectivity index (χ0n) is 26.9. The van der Waals surface area contributed by atoms with Crippen molar-refractivity contribution in [2.45, 2.75) is 63.4 Å². The van der Waals surface area contributed by atoms with E-state index in [4.69, 9.17) is 21.3 Å². The summed E-state index contributed by atoms with van der Waals surface area (Å²) >= 11 is 10.1. The number of piperazine rings is 1. The van der Waals surface area contributed by atoms with Gasteiger partial charge in [0.2, 0.25) is 5.91 Å². The molecule has 4 heterocycles. The maximum absolute atomic E-state index is 14.9. The highest BCUT2D eigenvalue weighted by molar-refractivity contribution is 9.10. The van der Waals surface area contributed by atoms with E-state index < -0.39 is 12.1 Å². The van der Waals surface area contributed by atoms with E-state index in [1.54, 1.807) is 17.4 Å². The van der Waals surface area contributed by atoms with Crippen molar-refractivity contribution >= 4 is 39.3 Å². The minimum Gasteiger partial charge on any atom is -0.368 e. The first-order valence-electron chi connectivity index (χ1n) is 16.8. The summed E-state index contributed by atoms with van der Waals surface area (Å²) in [5.74, 6) is -0.131. The smallest absolute Gasteiger partial charge is 0.252 e. The van der Waals surface area contributed by atoms with Crippen LogP contribution in [0, 0.1) is 0 Å². The van der Waals surface area contributed by atoms with E-state index in [1.807, 2.05) is 58.3 Å². The average Bonchev–Trinajstić information content (AvgIpc) is 3.81. The number of aromatic nitrogens is 3. The molecule has 250 valence electrons. The third-order valence-corrected chi connectivity index (χ3v) is 10.4. The maximum Gasteiger partial charge on any atom is 0.252 e. The highest BCUT2D eigenvalue weighted by Gasteiger charge is 2.43. The van der Waals surface area contributed by atoms with Gasteiger partial charge in [-0.1, -0.05) is 48.0 Å². The van der Waals surface area contributed by atoms with Gasteiger partial charge in [0.25, 0.3) is 5.91 Å². The van der Waals surface area contributed by atoms with Crippen LogP contribution in [-0.4, -0.2) is 86.0 Å². The first kappa shape index (κ1) is 33.0. The number of amides is 2. The van der Waals surface area contributed by atoms with Gasteiger partial charge in [-0.2, -0.15) is 0 Å². The quantitative estimate of drug-likeness (QED) is 0.220. The first-order valence-corrected chi connectivity index (χ1v) is 18.0. The molecule has 2 aliphatic heterocycles. The summed E-state index contributed by atoms with van der Waals surface area (Å²) in [7, 11) is 0. The fourth-order valence-electron chi connectivity index (χ4n) is 7.40. The van der Waals surface area contributed by atoms with E-state index in [9.17, 15) is 9.59 Å². The van der Waals surface area contributed by atoms with Gasteiger partial charge in [0.1, 0.15) is 12.1 Å². The largest absolute Gasteiger partial charge is 0.368 e. The molecule has 48 heavy (non-hydrogen) atoms. The van der Waals surface area contributed by atoms with Crippen molar-refractivity contribution in [2.75, 3.05) is 32.8 Å². The van der Waals surface area contributed by atoms with Crippen molar-refractivity contribution in [3.63, 3.8) is 0 Å². The number of carbonyl (C=O) groups is 2. The third kappa shape index (κ3) is 7.22. The molecule has 0 N–H and O–H groups in total. The predicted molar refractivity (Wildman–Crippen MR) is 187 cm³/mol. The molecule has 1 aliphatic carbocycles. The second-order valence-corrected chi connectivity index (χ2v) is 14.2. The summed E-state index contributed by atoms with van der Waals surface area (Å²) in [5.41, 5.74) is 5.56. The number of aryl methyl sites for hydroxylation is 3. The molecule has 2 fully saturated rings. The number of imidazole rings is 1. The Hall–Kier alpha value is -3.57. The van der Waals surface area contributed by atoms with Crippen molar-refractivity contribution in [2.24, 2.45) is 0 Å². The number of halogens is 2. The highest BCUT2D eigenvalue weighted by Crippen LogP contribution is 2.39. The molecule has 0 spiro atoms. The lowest BCUT2D eigenvalue weighted by molar-refractivity contribution is -0.156. The molecule has 4 aromatic rings. The van der Waals surface area contributed by atoms with Gasteiger partial charge in [-0.3, -0.25) is 19.5 Å². The summed E-state index contributed by atoms with van der Waals surface area (Å²) in [6.07, 6.45) is 10.8. The summed E-state index contributed by atoms with van der Waals surface area (Å²) < 4.78 is 8.84. The van der Waals surface area contributed by atoms with Gasteiger partial charge < -0.3 is 19.1 Å². The Morgan fingerprint density at radius 2 is 1.92 bits per heavy atom. The van der Waals surface area contributed by atoms with E-state index in [1.165, 1.54) is 11.1 Å². The van der Waals surface area contributed by atoms with Crippen molar-refractivity contribution in [3.05, 3.63) is 117 Å². The number of rotatable bonds is 9. The number of carbonyl (C=O) groups excluding carboxylic acids is 2. The molecule has 0 bridgehead atoms. The van der Waals surface area contributed by atoms with Crippen LogP contribution in [0.4, 0.5) is 0 Å². The highest BCUT2D eigenvalue weighted by atomic mass is 79.9. The first-order chi connectivity index (χ1) is 23.4. The number of benzene rings is 2. The number of fused-ring (bicyclic) bond motifs is 2. The van der Waals surface area contributed by atoms with Gasteiger partial charge in [-0.15, -0.1) is 0 Å². The van der Waals surface area contributed by atoms with Crippen LogP contribution in [0.1, 0.15) is 53.3 Å². The Morgan fingerprint density at radius 3 is 2.71 bits per heavy atom. The SMILES string of the molecule is O=C([C@H]1CN([C@H]2c3ccc(Cl)cc3CCc3cc(Br)cnc32)CCN1C(=O)C1CCCO1)N(CCCn1ccnc1)Cc1ccccc1. The summed E-state index contributed by atoms with van der Waals surface area (Å²) in [4.78, 5) is 44.2. The van der Waals surface area contributed by atoms with Gasteiger partial charge >= 0.3 is 0 Å². The van der Waals surface area contributed by atoms with Gasteiger partial charge in [-0.25, -0.2) is 4.98 Å². The molecule has 2 saturated heterocycles. The van der Waals surface area contributed by atoms with Crippen LogP contribution in [0.15, 0.2) is 84.0 Å². The molecule has 9 nitrogen and oxygen atoms in total. The standard InChI is InChI=1S/C37H40BrClN6O3/c38-29-20-28-10-9-27-21-30(39)11-12-31(27)35(34(28)41-22-29)43-17-18-45(37(47)33-8-4-19-48-33)32(24-43)36(46)44(23-26-6-2-1-3-7-26)15-5-14-42-16-13-40-25-42/h1-3,6-7,11-13,16,20-22,25,32-33,35H,4-5,8-10,14-15,17-19,23-24H2/t32-,33?,35+/m1/s1. The van der Waals surface area contributed by atoms with Gasteiger partial charge in [0.15, 0.2) is 0 Å². The van der Waals surface area contributed by atoms with Crippen molar-refractivity contribution < 1.29 is 14.3 Å². The van der Waals surface area contributed by atoms with Crippen LogP contribution < -0.4 is 0 Å². The Labute approximate surface area is 295 Å². The molecular formula is C37H40BrClN6O3. The fraction of sp³-hybridized carbons (Fsp3) is 0.405. The topological polar surface area (TPSA) is 83.8 Å². The molecule has 3 atom stereocenters.